The predicted octanol–water partition coefficient (Wildman–Crippen LogP) is 8.06. The molecule has 0 aliphatic carbocycles. The Balaban J connectivity index is 1.15. The molecule has 1 atom stereocenters. The van der Waals surface area contributed by atoms with Crippen molar-refractivity contribution in [2.75, 3.05) is 12.4 Å². The van der Waals surface area contributed by atoms with Crippen LogP contribution in [0.5, 0.6) is 0 Å². The summed E-state index contributed by atoms with van der Waals surface area (Å²) in [6.45, 7) is 0.912. The molecule has 4 aromatic carbocycles. The summed E-state index contributed by atoms with van der Waals surface area (Å²) in [6, 6.07) is 35.8. The van der Waals surface area contributed by atoms with Gasteiger partial charge in [-0.15, -0.1) is 0 Å². The second-order valence-corrected chi connectivity index (χ2v) is 11.6. The zero-order chi connectivity index (χ0) is 34.4. The summed E-state index contributed by atoms with van der Waals surface area (Å²) in [5.74, 6) is -0.237. The van der Waals surface area contributed by atoms with Crippen LogP contribution in [0.15, 0.2) is 134 Å². The average Bonchev–Trinajstić information content (AvgIpc) is 3.12. The fourth-order valence-electron chi connectivity index (χ4n) is 5.54. The maximum absolute atomic E-state index is 13.6. The van der Waals surface area contributed by atoms with Crippen molar-refractivity contribution in [1.82, 2.24) is 20.2 Å². The Morgan fingerprint density at radius 3 is 2.22 bits per heavy atom. The van der Waals surface area contributed by atoms with Crippen LogP contribution in [0.3, 0.4) is 0 Å². The van der Waals surface area contributed by atoms with Gasteiger partial charge >= 0.3 is 6.18 Å². The molecule has 6 rings (SSSR count). The predicted molar refractivity (Wildman–Crippen MR) is 183 cm³/mol. The van der Waals surface area contributed by atoms with Crippen molar-refractivity contribution in [3.8, 4) is 11.3 Å². The highest BCUT2D eigenvalue weighted by Gasteiger charge is 2.30. The van der Waals surface area contributed by atoms with Crippen molar-refractivity contribution in [3.05, 3.63) is 161 Å². The molecule has 49 heavy (non-hydrogen) atoms. The molecular weight excluding hydrogens is 627 g/mol. The summed E-state index contributed by atoms with van der Waals surface area (Å²) >= 11 is 0. The average molecular weight is 660 g/mol. The standard InChI is InChI=1S/C39H32F3N5O2/c1-47(25-26-9-4-2-5-10-26)38(49)36(28-11-6-3-7-12-28)44-24-27-14-20-33-30(23-27)17-21-34(45-33)46-37(48)32-13-8-22-43-35(32)29-15-18-31(19-16-29)39(40,41)42/h2-23,36,44H,24-25H2,1H3,(H,45,46,48)/t36-/m0/s1. The summed E-state index contributed by atoms with van der Waals surface area (Å²) in [5, 5.41) is 7.06. The topological polar surface area (TPSA) is 87.2 Å². The quantitative estimate of drug-likeness (QED) is 0.155. The van der Waals surface area contributed by atoms with Gasteiger partial charge in [-0.2, -0.15) is 13.2 Å². The van der Waals surface area contributed by atoms with E-state index in [1.165, 1.54) is 18.3 Å². The van der Waals surface area contributed by atoms with Gasteiger partial charge in [-0.3, -0.25) is 19.9 Å². The van der Waals surface area contributed by atoms with Gasteiger partial charge in [0.25, 0.3) is 5.91 Å². The Morgan fingerprint density at radius 2 is 1.51 bits per heavy atom. The molecule has 2 heterocycles. The van der Waals surface area contributed by atoms with Crippen LogP contribution in [0.2, 0.25) is 0 Å². The van der Waals surface area contributed by atoms with Gasteiger partial charge in [0, 0.05) is 37.3 Å². The number of carbonyl (C=O) groups excluding carboxylic acids is 2. The van der Waals surface area contributed by atoms with Crippen molar-refractivity contribution in [2.45, 2.75) is 25.3 Å². The van der Waals surface area contributed by atoms with E-state index in [4.69, 9.17) is 0 Å². The third-order valence-corrected chi connectivity index (χ3v) is 8.06. The van der Waals surface area contributed by atoms with Gasteiger partial charge in [-0.25, -0.2) is 4.98 Å². The van der Waals surface area contributed by atoms with Crippen LogP contribution in [0.25, 0.3) is 22.2 Å². The fourth-order valence-corrected chi connectivity index (χ4v) is 5.54. The number of nitrogens with one attached hydrogen (secondary N) is 2. The normalized spacial score (nSPS) is 12.0. The molecule has 0 fully saturated rings. The first-order valence-corrected chi connectivity index (χ1v) is 15.6. The molecule has 6 aromatic rings. The summed E-state index contributed by atoms with van der Waals surface area (Å²) in [4.78, 5) is 37.5. The molecule has 0 bridgehead atoms. The van der Waals surface area contributed by atoms with Crippen molar-refractivity contribution in [3.63, 3.8) is 0 Å². The first kappa shape index (κ1) is 33.0. The van der Waals surface area contributed by atoms with Gasteiger partial charge in [0.1, 0.15) is 11.9 Å². The van der Waals surface area contributed by atoms with E-state index in [-0.39, 0.29) is 17.2 Å². The van der Waals surface area contributed by atoms with E-state index < -0.39 is 23.7 Å². The summed E-state index contributed by atoms with van der Waals surface area (Å²) < 4.78 is 39.2. The van der Waals surface area contributed by atoms with Crippen molar-refractivity contribution < 1.29 is 22.8 Å². The van der Waals surface area contributed by atoms with Crippen LogP contribution in [-0.4, -0.2) is 33.7 Å². The molecule has 0 saturated heterocycles. The number of carbonyl (C=O) groups is 2. The number of likely N-dealkylation sites (N-methyl/N-ethyl adjacent to an activating group) is 1. The molecule has 0 spiro atoms. The molecule has 2 N–H and O–H groups in total. The van der Waals surface area contributed by atoms with Gasteiger partial charge in [0.2, 0.25) is 5.91 Å². The number of pyridine rings is 2. The lowest BCUT2D eigenvalue weighted by molar-refractivity contribution is -0.137. The van der Waals surface area contributed by atoms with E-state index in [0.29, 0.717) is 30.0 Å². The zero-order valence-electron chi connectivity index (χ0n) is 26.5. The highest BCUT2D eigenvalue weighted by atomic mass is 19.4. The largest absolute Gasteiger partial charge is 0.416 e. The molecule has 0 unspecified atom stereocenters. The molecule has 0 aliphatic rings. The van der Waals surface area contributed by atoms with Crippen LogP contribution in [0, 0.1) is 0 Å². The molecule has 7 nitrogen and oxygen atoms in total. The monoisotopic (exact) mass is 659 g/mol. The number of amides is 2. The molecule has 2 amide bonds. The minimum absolute atomic E-state index is 0.0482. The van der Waals surface area contributed by atoms with Crippen molar-refractivity contribution >= 4 is 28.5 Å². The number of anilines is 1. The highest BCUT2D eigenvalue weighted by Crippen LogP contribution is 2.31. The van der Waals surface area contributed by atoms with E-state index in [2.05, 4.69) is 20.6 Å². The highest BCUT2D eigenvalue weighted by molar-refractivity contribution is 6.08. The second kappa shape index (κ2) is 14.5. The van der Waals surface area contributed by atoms with Crippen molar-refractivity contribution in [2.24, 2.45) is 0 Å². The SMILES string of the molecule is CN(Cc1ccccc1)C(=O)[C@@H](NCc1ccc2nc(NC(=O)c3cccnc3-c3ccc(C(F)(F)F)cc3)ccc2c1)c1ccccc1. The Kier molecular flexibility index (Phi) is 9.77. The van der Waals surface area contributed by atoms with Crippen LogP contribution in [-0.2, 0) is 24.1 Å². The summed E-state index contributed by atoms with van der Waals surface area (Å²) in [6.07, 6.45) is -2.99. The van der Waals surface area contributed by atoms with E-state index in [0.717, 1.165) is 34.2 Å². The molecule has 0 radical (unpaired) electrons. The second-order valence-electron chi connectivity index (χ2n) is 11.6. The number of aromatic nitrogens is 2. The van der Waals surface area contributed by atoms with Gasteiger partial charge in [0.05, 0.1) is 22.3 Å². The number of hydrogen-bond donors (Lipinski definition) is 2. The maximum atomic E-state index is 13.6. The number of fused-ring (bicyclic) bond motifs is 1. The smallest absolute Gasteiger partial charge is 0.340 e. The third-order valence-electron chi connectivity index (χ3n) is 8.06. The van der Waals surface area contributed by atoms with Crippen LogP contribution in [0.4, 0.5) is 19.0 Å². The first-order valence-electron chi connectivity index (χ1n) is 15.6. The third kappa shape index (κ3) is 7.99. The van der Waals surface area contributed by atoms with E-state index >= 15 is 0 Å². The Morgan fingerprint density at radius 1 is 0.796 bits per heavy atom. The van der Waals surface area contributed by atoms with Crippen LogP contribution < -0.4 is 10.6 Å². The number of rotatable bonds is 10. The van der Waals surface area contributed by atoms with Crippen LogP contribution in [0.1, 0.15) is 38.7 Å². The Labute approximate surface area is 281 Å². The first-order chi connectivity index (χ1) is 23.7. The lowest BCUT2D eigenvalue weighted by atomic mass is 10.0. The Bertz CT molecular complexity index is 2070. The van der Waals surface area contributed by atoms with Crippen LogP contribution >= 0.6 is 0 Å². The van der Waals surface area contributed by atoms with Gasteiger partial charge in [-0.1, -0.05) is 78.9 Å². The van der Waals surface area contributed by atoms with Gasteiger partial charge in [-0.05, 0) is 65.2 Å². The number of alkyl halides is 3. The molecule has 0 aliphatic heterocycles. The lowest BCUT2D eigenvalue weighted by Crippen LogP contribution is -2.38. The lowest BCUT2D eigenvalue weighted by Gasteiger charge is -2.25. The summed E-state index contributed by atoms with van der Waals surface area (Å²) in [5.41, 5.74) is 3.55. The number of hydrogen-bond acceptors (Lipinski definition) is 5. The number of nitrogens with zero attached hydrogens (tertiary/aromatic N) is 3. The minimum Gasteiger partial charge on any atom is -0.340 e. The van der Waals surface area contributed by atoms with Gasteiger partial charge in [0.15, 0.2) is 0 Å². The van der Waals surface area contributed by atoms with E-state index in [1.807, 2.05) is 84.9 Å². The molecular formula is C39H32F3N5O2. The zero-order valence-corrected chi connectivity index (χ0v) is 26.5. The molecule has 246 valence electrons. The molecule has 2 aromatic heterocycles. The number of benzene rings is 4. The number of halogens is 3. The molecule has 0 saturated carbocycles. The molecule has 10 heteroatoms. The maximum Gasteiger partial charge on any atom is 0.416 e. The van der Waals surface area contributed by atoms with Crippen molar-refractivity contribution in [1.29, 1.82) is 0 Å². The fraction of sp³-hybridized carbons (Fsp3) is 0.128. The van der Waals surface area contributed by atoms with Gasteiger partial charge < -0.3 is 10.2 Å². The minimum atomic E-state index is -4.47. The summed E-state index contributed by atoms with van der Waals surface area (Å²) in [7, 11) is 1.80. The Hall–Kier alpha value is -5.87. The van der Waals surface area contributed by atoms with E-state index in [9.17, 15) is 22.8 Å². The van der Waals surface area contributed by atoms with E-state index in [1.54, 1.807) is 30.1 Å².